The van der Waals surface area contributed by atoms with Gasteiger partial charge in [0.05, 0.1) is 17.5 Å². The fraction of sp³-hybridized carbons (Fsp3) is 0.259. The molecule has 3 aromatic carbocycles. The normalized spacial score (nSPS) is 11.1. The van der Waals surface area contributed by atoms with E-state index in [1.165, 1.54) is 12.1 Å². The average Bonchev–Trinajstić information content (AvgIpc) is 2.90. The number of non-ortho nitro benzene ring substituents is 1. The molecule has 0 aliphatic rings. The molecule has 1 heterocycles. The van der Waals surface area contributed by atoms with Crippen molar-refractivity contribution >= 4 is 33.8 Å². The van der Waals surface area contributed by atoms with Crippen LogP contribution in [0.15, 0.2) is 54.6 Å². The largest absolute Gasteiger partial charge is 0.496 e. The number of aromatic nitrogens is 2. The zero-order valence-corrected chi connectivity index (χ0v) is 21.0. The summed E-state index contributed by atoms with van der Waals surface area (Å²) in [7, 11) is 3.61. The van der Waals surface area contributed by atoms with Gasteiger partial charge in [-0.3, -0.25) is 10.1 Å². The fourth-order valence-corrected chi connectivity index (χ4v) is 4.19. The van der Waals surface area contributed by atoms with Crippen molar-refractivity contribution in [3.8, 4) is 5.75 Å². The Hall–Kier alpha value is -4.34. The number of fused-ring (bicyclic) bond motifs is 1. The second-order valence-electron chi connectivity index (χ2n) is 8.57. The quantitative estimate of drug-likeness (QED) is 0.198. The molecular weight excluding hydrogens is 480 g/mol. The van der Waals surface area contributed by atoms with Crippen LogP contribution in [0.2, 0.25) is 0 Å². The molecule has 0 saturated heterocycles. The Bertz CT molecular complexity index is 1460. The summed E-state index contributed by atoms with van der Waals surface area (Å²) in [4.78, 5) is 21.6. The monoisotopic (exact) mass is 507 g/mol. The van der Waals surface area contributed by atoms with Crippen LogP contribution in [-0.2, 0) is 13.0 Å². The summed E-state index contributed by atoms with van der Waals surface area (Å²) in [5.41, 5.74) is 3.25. The molecule has 10 heteroatoms. The lowest BCUT2D eigenvalue weighted by molar-refractivity contribution is -0.385. The third-order valence-corrected chi connectivity index (χ3v) is 6.13. The van der Waals surface area contributed by atoms with Crippen molar-refractivity contribution in [2.45, 2.75) is 33.2 Å². The Morgan fingerprint density at radius 2 is 1.81 bits per heavy atom. The van der Waals surface area contributed by atoms with Crippen molar-refractivity contribution in [2.75, 3.05) is 24.4 Å². The smallest absolute Gasteiger partial charge is 0.270 e. The highest BCUT2D eigenvalue weighted by Gasteiger charge is 2.17. The molecule has 0 aliphatic heterocycles. The van der Waals surface area contributed by atoms with Crippen LogP contribution < -0.4 is 15.0 Å². The summed E-state index contributed by atoms with van der Waals surface area (Å²) in [6.07, 6.45) is -1.99. The first-order valence-corrected chi connectivity index (χ1v) is 11.7. The van der Waals surface area contributed by atoms with Gasteiger partial charge in [-0.15, -0.1) is 0 Å². The Labute approximate surface area is 213 Å². The van der Waals surface area contributed by atoms with Gasteiger partial charge in [0.15, 0.2) is 0 Å². The summed E-state index contributed by atoms with van der Waals surface area (Å²) in [5, 5.41) is 15.1. The Morgan fingerprint density at radius 3 is 2.49 bits per heavy atom. The highest BCUT2D eigenvalue weighted by Crippen LogP contribution is 2.33. The molecule has 4 aromatic rings. The minimum Gasteiger partial charge on any atom is -0.496 e. The topological polar surface area (TPSA) is 93.4 Å². The maximum Gasteiger partial charge on any atom is 0.270 e. The van der Waals surface area contributed by atoms with E-state index in [1.54, 1.807) is 14.0 Å². The zero-order valence-electron chi connectivity index (χ0n) is 21.0. The van der Waals surface area contributed by atoms with E-state index in [1.807, 2.05) is 42.3 Å². The number of nitrogens with zero attached hydrogens (tertiary/aromatic N) is 4. The van der Waals surface area contributed by atoms with Gasteiger partial charge in [0, 0.05) is 48.0 Å². The van der Waals surface area contributed by atoms with Gasteiger partial charge in [0.25, 0.3) is 12.1 Å². The number of hydrogen-bond donors (Lipinski definition) is 1. The minimum absolute atomic E-state index is 0.0748. The number of nitrogens with one attached hydrogen (secondary N) is 1. The fourth-order valence-electron chi connectivity index (χ4n) is 4.19. The maximum atomic E-state index is 13.3. The number of halogens is 2. The molecule has 0 saturated carbocycles. The SMILES string of the molecule is CCc1cc(N(C)c2ccc3nc(C)nc(NCc4cc(C(F)F)cc([N+](=O)[O-])c4)c3c2)ccc1OC. The predicted octanol–water partition coefficient (Wildman–Crippen LogP) is 6.74. The second kappa shape index (κ2) is 10.7. The van der Waals surface area contributed by atoms with Gasteiger partial charge in [-0.25, -0.2) is 18.7 Å². The molecule has 0 bridgehead atoms. The summed E-state index contributed by atoms with van der Waals surface area (Å²) in [5.74, 6) is 1.88. The first kappa shape index (κ1) is 25.7. The third-order valence-electron chi connectivity index (χ3n) is 6.13. The van der Waals surface area contributed by atoms with E-state index in [0.29, 0.717) is 22.7 Å². The first-order chi connectivity index (χ1) is 17.7. The summed E-state index contributed by atoms with van der Waals surface area (Å²) < 4.78 is 32.0. The van der Waals surface area contributed by atoms with Crippen LogP contribution in [0.5, 0.6) is 5.75 Å². The number of alkyl halides is 2. The molecule has 37 heavy (non-hydrogen) atoms. The molecule has 8 nitrogen and oxygen atoms in total. The maximum absolute atomic E-state index is 13.3. The van der Waals surface area contributed by atoms with Crippen LogP contribution in [0.4, 0.5) is 31.7 Å². The number of anilines is 3. The number of nitro groups is 1. The van der Waals surface area contributed by atoms with E-state index in [-0.39, 0.29) is 12.2 Å². The van der Waals surface area contributed by atoms with E-state index >= 15 is 0 Å². The lowest BCUT2D eigenvalue weighted by Gasteiger charge is -2.22. The molecule has 1 aromatic heterocycles. The standard InChI is InChI=1S/C27H27F2N5O3/c1-5-18-12-20(7-9-25(18)37-4)33(3)21-6-8-24-23(14-21)27(32-16(2)31-24)30-15-17-10-19(26(28)29)13-22(11-17)34(35)36/h6-14,26H,5,15H2,1-4H3,(H,30,31,32). The Kier molecular flexibility index (Phi) is 7.47. The highest BCUT2D eigenvalue weighted by atomic mass is 19.3. The lowest BCUT2D eigenvalue weighted by Crippen LogP contribution is -2.11. The number of benzene rings is 3. The first-order valence-electron chi connectivity index (χ1n) is 11.7. The van der Waals surface area contributed by atoms with E-state index in [0.717, 1.165) is 40.6 Å². The molecule has 0 spiro atoms. The number of hydrogen-bond acceptors (Lipinski definition) is 7. The van der Waals surface area contributed by atoms with Crippen molar-refractivity contribution in [1.82, 2.24) is 9.97 Å². The van der Waals surface area contributed by atoms with Gasteiger partial charge < -0.3 is 15.0 Å². The van der Waals surface area contributed by atoms with Gasteiger partial charge in [0.1, 0.15) is 17.4 Å². The van der Waals surface area contributed by atoms with Gasteiger partial charge in [0.2, 0.25) is 0 Å². The number of nitro benzene ring substituents is 1. The number of methoxy groups -OCH3 is 1. The highest BCUT2D eigenvalue weighted by molar-refractivity contribution is 5.92. The minimum atomic E-state index is -2.81. The molecule has 1 N–H and O–H groups in total. The second-order valence-corrected chi connectivity index (χ2v) is 8.57. The van der Waals surface area contributed by atoms with E-state index in [4.69, 9.17) is 4.74 Å². The van der Waals surface area contributed by atoms with Crippen LogP contribution in [0, 0.1) is 17.0 Å². The van der Waals surface area contributed by atoms with Crippen LogP contribution in [0.3, 0.4) is 0 Å². The summed E-state index contributed by atoms with van der Waals surface area (Å²) >= 11 is 0. The van der Waals surface area contributed by atoms with Crippen molar-refractivity contribution in [3.63, 3.8) is 0 Å². The number of rotatable bonds is 9. The van der Waals surface area contributed by atoms with Crippen LogP contribution in [0.1, 0.15) is 35.9 Å². The van der Waals surface area contributed by atoms with Gasteiger partial charge in [-0.1, -0.05) is 6.92 Å². The Balaban J connectivity index is 1.68. The van der Waals surface area contributed by atoms with Gasteiger partial charge in [-0.2, -0.15) is 0 Å². The van der Waals surface area contributed by atoms with Crippen molar-refractivity contribution in [1.29, 1.82) is 0 Å². The van der Waals surface area contributed by atoms with E-state index in [9.17, 15) is 18.9 Å². The van der Waals surface area contributed by atoms with Crippen molar-refractivity contribution < 1.29 is 18.4 Å². The Morgan fingerprint density at radius 1 is 1.08 bits per heavy atom. The lowest BCUT2D eigenvalue weighted by atomic mass is 10.1. The number of ether oxygens (including phenoxy) is 1. The summed E-state index contributed by atoms with van der Waals surface area (Å²) in [6, 6.07) is 15.2. The van der Waals surface area contributed by atoms with Crippen molar-refractivity contribution in [3.05, 3.63) is 87.2 Å². The molecule has 4 rings (SSSR count). The van der Waals surface area contributed by atoms with Gasteiger partial charge in [-0.05, 0) is 66.9 Å². The number of aryl methyl sites for hydroxylation is 2. The van der Waals surface area contributed by atoms with E-state index < -0.39 is 16.9 Å². The molecule has 0 atom stereocenters. The van der Waals surface area contributed by atoms with Crippen molar-refractivity contribution in [2.24, 2.45) is 0 Å². The molecule has 0 radical (unpaired) electrons. The van der Waals surface area contributed by atoms with Gasteiger partial charge >= 0.3 is 0 Å². The molecule has 0 amide bonds. The average molecular weight is 508 g/mol. The van der Waals surface area contributed by atoms with E-state index in [2.05, 4.69) is 28.3 Å². The molecule has 0 aliphatic carbocycles. The molecule has 0 fully saturated rings. The summed E-state index contributed by atoms with van der Waals surface area (Å²) in [6.45, 7) is 3.91. The third kappa shape index (κ3) is 5.58. The molecule has 0 unspecified atom stereocenters. The zero-order chi connectivity index (χ0) is 26.7. The van der Waals surface area contributed by atoms with Crippen LogP contribution in [-0.4, -0.2) is 29.0 Å². The van der Waals surface area contributed by atoms with Crippen LogP contribution >= 0.6 is 0 Å². The molecular formula is C27H27F2N5O3. The predicted molar refractivity (Wildman–Crippen MR) is 140 cm³/mol. The van der Waals surface area contributed by atoms with Crippen LogP contribution in [0.25, 0.3) is 10.9 Å². The molecule has 192 valence electrons.